The van der Waals surface area contributed by atoms with Gasteiger partial charge in [0.1, 0.15) is 0 Å². The number of hydrogen-bond acceptors (Lipinski definition) is 1. The van der Waals surface area contributed by atoms with Crippen LogP contribution in [0, 0.1) is 6.92 Å². The van der Waals surface area contributed by atoms with E-state index in [2.05, 4.69) is 0 Å². The Morgan fingerprint density at radius 3 is 2.47 bits per heavy atom. The van der Waals surface area contributed by atoms with Gasteiger partial charge in [0.15, 0.2) is 0 Å². The van der Waals surface area contributed by atoms with Crippen molar-refractivity contribution in [3.8, 4) is 0 Å². The van der Waals surface area contributed by atoms with Crippen LogP contribution in [0.15, 0.2) is 18.2 Å². The van der Waals surface area contributed by atoms with Gasteiger partial charge >= 0.3 is 6.18 Å². The molecular formula is C8H8F3NO2S. The van der Waals surface area contributed by atoms with Gasteiger partial charge in [-0.05, 0) is 19.1 Å². The second-order valence-electron chi connectivity index (χ2n) is 2.90. The molecule has 0 aliphatic rings. The number of nitrogens with one attached hydrogen (secondary N) is 1. The number of alkyl halides is 3. The molecule has 84 valence electrons. The molecular weight excluding hydrogens is 231 g/mol. The Kier molecular flexibility index (Phi) is 3.35. The molecule has 0 heterocycles. The van der Waals surface area contributed by atoms with Gasteiger partial charge in [-0.1, -0.05) is 11.6 Å². The molecule has 3 nitrogen and oxygen atoms in total. The van der Waals surface area contributed by atoms with E-state index in [9.17, 15) is 17.4 Å². The third-order valence-corrected chi connectivity index (χ3v) is 2.07. The van der Waals surface area contributed by atoms with Gasteiger partial charge in [-0.15, -0.1) is 0 Å². The number of hydrogen-bond donors (Lipinski definition) is 2. The van der Waals surface area contributed by atoms with Crippen LogP contribution in [0.25, 0.3) is 0 Å². The van der Waals surface area contributed by atoms with Gasteiger partial charge in [-0.3, -0.25) is 9.27 Å². The molecule has 0 aromatic heterocycles. The number of rotatable bonds is 2. The van der Waals surface area contributed by atoms with Crippen molar-refractivity contribution in [2.75, 3.05) is 4.72 Å². The highest BCUT2D eigenvalue weighted by Gasteiger charge is 2.33. The molecule has 1 aromatic rings. The second kappa shape index (κ2) is 4.19. The lowest BCUT2D eigenvalue weighted by Gasteiger charge is -2.13. The first-order chi connectivity index (χ1) is 6.80. The number of halogens is 3. The molecule has 7 heteroatoms. The third-order valence-electron chi connectivity index (χ3n) is 1.68. The van der Waals surface area contributed by atoms with Gasteiger partial charge in [-0.25, -0.2) is 4.21 Å². The van der Waals surface area contributed by atoms with E-state index < -0.39 is 28.7 Å². The molecule has 0 fully saturated rings. The van der Waals surface area contributed by atoms with Crippen LogP contribution in [0.1, 0.15) is 11.1 Å². The molecule has 0 saturated carbocycles. The molecule has 1 rings (SSSR count). The fourth-order valence-electron chi connectivity index (χ4n) is 1.08. The van der Waals surface area contributed by atoms with Crippen molar-refractivity contribution in [2.24, 2.45) is 0 Å². The van der Waals surface area contributed by atoms with Crippen molar-refractivity contribution in [3.63, 3.8) is 0 Å². The Labute approximate surface area is 86.7 Å². The van der Waals surface area contributed by atoms with E-state index in [0.717, 1.165) is 12.1 Å². The summed E-state index contributed by atoms with van der Waals surface area (Å²) < 4.78 is 58.0. The topological polar surface area (TPSA) is 49.3 Å². The predicted octanol–water partition coefficient (Wildman–Crippen LogP) is 2.56. The van der Waals surface area contributed by atoms with Gasteiger partial charge in [0.25, 0.3) is 11.3 Å². The summed E-state index contributed by atoms with van der Waals surface area (Å²) in [5.41, 5.74) is -0.935. The molecule has 2 N–H and O–H groups in total. The van der Waals surface area contributed by atoms with Gasteiger partial charge in [0, 0.05) is 0 Å². The maximum absolute atomic E-state index is 12.5. The van der Waals surface area contributed by atoms with Gasteiger partial charge in [0.05, 0.1) is 11.3 Å². The van der Waals surface area contributed by atoms with E-state index in [1.54, 1.807) is 0 Å². The second-order valence-corrected chi connectivity index (χ2v) is 3.60. The van der Waals surface area contributed by atoms with E-state index in [1.807, 2.05) is 4.72 Å². The van der Waals surface area contributed by atoms with Crippen LogP contribution in [0.4, 0.5) is 18.9 Å². The summed E-state index contributed by atoms with van der Waals surface area (Å²) >= 11 is -2.52. The smallest absolute Gasteiger partial charge is 0.289 e. The molecule has 0 bridgehead atoms. The molecule has 0 amide bonds. The van der Waals surface area contributed by atoms with Crippen molar-refractivity contribution in [1.82, 2.24) is 0 Å². The van der Waals surface area contributed by atoms with E-state index in [1.165, 1.54) is 13.0 Å². The lowest BCUT2D eigenvalue weighted by atomic mass is 10.1. The Hall–Kier alpha value is -1.08. The summed E-state index contributed by atoms with van der Waals surface area (Å²) in [4.78, 5) is 0. The molecule has 0 aliphatic heterocycles. The van der Waals surface area contributed by atoms with E-state index >= 15 is 0 Å². The van der Waals surface area contributed by atoms with Crippen LogP contribution in [0.3, 0.4) is 0 Å². The van der Waals surface area contributed by atoms with E-state index in [-0.39, 0.29) is 0 Å². The lowest BCUT2D eigenvalue weighted by Crippen LogP contribution is -2.12. The van der Waals surface area contributed by atoms with Crippen LogP contribution >= 0.6 is 0 Å². The molecule has 0 aliphatic carbocycles. The zero-order valence-corrected chi connectivity index (χ0v) is 8.45. The van der Waals surface area contributed by atoms with E-state index in [0.29, 0.717) is 5.56 Å². The van der Waals surface area contributed by atoms with Crippen LogP contribution in [0.5, 0.6) is 0 Å². The maximum Gasteiger partial charge on any atom is 0.418 e. The summed E-state index contributed by atoms with van der Waals surface area (Å²) in [5, 5.41) is 0. The van der Waals surface area contributed by atoms with Crippen LogP contribution in [0.2, 0.25) is 0 Å². The minimum Gasteiger partial charge on any atom is -0.289 e. The summed E-state index contributed by atoms with van der Waals surface area (Å²) in [6.45, 7) is 1.51. The van der Waals surface area contributed by atoms with Crippen molar-refractivity contribution in [3.05, 3.63) is 29.3 Å². The first-order valence-electron chi connectivity index (χ1n) is 3.86. The summed E-state index contributed by atoms with van der Waals surface area (Å²) in [6.07, 6.45) is -4.55. The van der Waals surface area contributed by atoms with Gasteiger partial charge in [0.2, 0.25) is 0 Å². The first-order valence-corrected chi connectivity index (χ1v) is 4.97. The highest BCUT2D eigenvalue weighted by molar-refractivity contribution is 7.80. The molecule has 1 aromatic carbocycles. The molecule has 0 spiro atoms. The van der Waals surface area contributed by atoms with Crippen molar-refractivity contribution >= 4 is 17.0 Å². The van der Waals surface area contributed by atoms with Crippen molar-refractivity contribution < 1.29 is 21.9 Å². The summed E-state index contributed by atoms with van der Waals surface area (Å²) in [7, 11) is 0. The zero-order valence-electron chi connectivity index (χ0n) is 7.63. The normalized spacial score (nSPS) is 13.7. The Bertz CT molecular complexity index is 392. The van der Waals surface area contributed by atoms with Crippen LogP contribution < -0.4 is 4.72 Å². The van der Waals surface area contributed by atoms with Gasteiger partial charge in [-0.2, -0.15) is 13.2 Å². The highest BCUT2D eigenvalue weighted by Crippen LogP contribution is 2.35. The fraction of sp³-hybridized carbons (Fsp3) is 0.250. The number of aryl methyl sites for hydroxylation is 1. The third kappa shape index (κ3) is 3.21. The van der Waals surface area contributed by atoms with Crippen LogP contribution in [-0.4, -0.2) is 8.76 Å². The molecule has 15 heavy (non-hydrogen) atoms. The molecule has 1 unspecified atom stereocenters. The molecule has 0 radical (unpaired) electrons. The highest BCUT2D eigenvalue weighted by atomic mass is 32.2. The first kappa shape index (κ1) is 12.0. The Balaban J connectivity index is 3.20. The maximum atomic E-state index is 12.5. The zero-order chi connectivity index (χ0) is 11.6. The predicted molar refractivity (Wildman–Crippen MR) is 50.6 cm³/mol. The number of anilines is 1. The average Bonchev–Trinajstić information content (AvgIpc) is 2.05. The van der Waals surface area contributed by atoms with Crippen molar-refractivity contribution in [2.45, 2.75) is 13.1 Å². The quantitative estimate of drug-likeness (QED) is 0.779. The largest absolute Gasteiger partial charge is 0.418 e. The molecule has 0 saturated heterocycles. The Morgan fingerprint density at radius 1 is 1.40 bits per heavy atom. The van der Waals surface area contributed by atoms with Gasteiger partial charge < -0.3 is 0 Å². The van der Waals surface area contributed by atoms with Crippen LogP contribution in [-0.2, 0) is 17.4 Å². The Morgan fingerprint density at radius 2 is 2.00 bits per heavy atom. The minimum absolute atomic E-state index is 0.408. The molecule has 1 atom stereocenters. The monoisotopic (exact) mass is 239 g/mol. The van der Waals surface area contributed by atoms with Crippen molar-refractivity contribution in [1.29, 1.82) is 0 Å². The lowest BCUT2D eigenvalue weighted by molar-refractivity contribution is -0.136. The SMILES string of the molecule is Cc1ccc(NS(=O)O)c(C(F)(F)F)c1. The summed E-state index contributed by atoms with van der Waals surface area (Å²) in [6, 6.07) is 3.45. The fourth-order valence-corrected chi connectivity index (χ4v) is 1.44. The average molecular weight is 239 g/mol. The summed E-state index contributed by atoms with van der Waals surface area (Å²) in [5.74, 6) is 0. The standard InChI is InChI=1S/C8H8F3NO2S/c1-5-2-3-7(12-15(13)14)6(4-5)8(9,10)11/h2-4,12H,1H3,(H,13,14). The minimum atomic E-state index is -4.55. The van der Waals surface area contributed by atoms with E-state index in [4.69, 9.17) is 4.55 Å². The number of benzene rings is 1.